The van der Waals surface area contributed by atoms with Crippen LogP contribution >= 0.6 is 11.3 Å². The van der Waals surface area contributed by atoms with E-state index in [1.54, 1.807) is 11.3 Å². The van der Waals surface area contributed by atoms with Crippen LogP contribution in [-0.2, 0) is 12.8 Å². The lowest BCUT2D eigenvalue weighted by molar-refractivity contribution is 0.117. The summed E-state index contributed by atoms with van der Waals surface area (Å²) in [6, 6.07) is 22.7. The monoisotopic (exact) mass is 451 g/mol. The Balaban J connectivity index is 1.15. The van der Waals surface area contributed by atoms with Crippen LogP contribution in [-0.4, -0.2) is 47.5 Å². The minimum atomic E-state index is 0.322. The first kappa shape index (κ1) is 20.8. The first-order valence-electron chi connectivity index (χ1n) is 12.0. The molecule has 6 rings (SSSR count). The highest BCUT2D eigenvalue weighted by molar-refractivity contribution is 7.17. The summed E-state index contributed by atoms with van der Waals surface area (Å²) < 4.78 is 1.36. The highest BCUT2D eigenvalue weighted by Crippen LogP contribution is 2.36. The van der Waals surface area contributed by atoms with Gasteiger partial charge in [0.25, 0.3) is 0 Å². The number of aromatic nitrogens is 1. The molecule has 0 N–H and O–H groups in total. The van der Waals surface area contributed by atoms with E-state index in [1.165, 1.54) is 38.0 Å². The summed E-state index contributed by atoms with van der Waals surface area (Å²) in [5.74, 6) is 0. The third kappa shape index (κ3) is 4.26. The van der Waals surface area contributed by atoms with E-state index in [9.17, 15) is 0 Å². The second kappa shape index (κ2) is 9.22. The molecule has 0 saturated carbocycles. The molecule has 1 unspecified atom stereocenters. The number of fused-ring (bicyclic) bond motifs is 3. The maximum absolute atomic E-state index is 4.76. The summed E-state index contributed by atoms with van der Waals surface area (Å²) in [7, 11) is 0. The van der Waals surface area contributed by atoms with Crippen LogP contribution in [0.15, 0.2) is 78.3 Å². The quantitative estimate of drug-likeness (QED) is 0.390. The van der Waals surface area contributed by atoms with Crippen molar-refractivity contribution in [1.29, 1.82) is 0 Å². The molecule has 3 nitrogen and oxygen atoms in total. The summed E-state index contributed by atoms with van der Waals surface area (Å²) in [5, 5.41) is 3.51. The maximum Gasteiger partial charge on any atom is 0.0623 e. The van der Waals surface area contributed by atoms with Crippen molar-refractivity contribution < 1.29 is 0 Å². The minimum Gasteiger partial charge on any atom is -0.297 e. The summed E-state index contributed by atoms with van der Waals surface area (Å²) in [4.78, 5) is 10.0. The first-order chi connectivity index (χ1) is 16.3. The summed E-state index contributed by atoms with van der Waals surface area (Å²) >= 11 is 1.81. The number of nitrogens with zero attached hydrogens (tertiary/aromatic N) is 3. The average Bonchev–Trinajstić information content (AvgIpc) is 3.26. The van der Waals surface area contributed by atoms with E-state index in [1.807, 2.05) is 6.20 Å². The molecule has 0 spiro atoms. The maximum atomic E-state index is 4.76. The van der Waals surface area contributed by atoms with Gasteiger partial charge in [-0.15, -0.1) is 11.3 Å². The van der Waals surface area contributed by atoms with Crippen molar-refractivity contribution in [3.05, 3.63) is 106 Å². The Morgan fingerprint density at radius 2 is 1.79 bits per heavy atom. The van der Waals surface area contributed by atoms with Gasteiger partial charge in [0.05, 0.1) is 6.04 Å². The lowest BCUT2D eigenvalue weighted by atomic mass is 9.94. The molecule has 0 amide bonds. The van der Waals surface area contributed by atoms with E-state index in [-0.39, 0.29) is 0 Å². The third-order valence-corrected chi connectivity index (χ3v) is 8.02. The Hall–Kier alpha value is -2.79. The van der Waals surface area contributed by atoms with Gasteiger partial charge < -0.3 is 0 Å². The zero-order chi connectivity index (χ0) is 22.0. The molecule has 33 heavy (non-hydrogen) atoms. The zero-order valence-electron chi connectivity index (χ0n) is 18.9. The molecule has 0 bridgehead atoms. The second-order valence-corrected chi connectivity index (χ2v) is 10.0. The van der Waals surface area contributed by atoms with Gasteiger partial charge >= 0.3 is 0 Å². The molecule has 1 atom stereocenters. The fourth-order valence-electron chi connectivity index (χ4n) is 5.38. The van der Waals surface area contributed by atoms with Crippen LogP contribution in [0.5, 0.6) is 0 Å². The molecule has 2 aromatic carbocycles. The van der Waals surface area contributed by atoms with Crippen molar-refractivity contribution in [2.24, 2.45) is 0 Å². The molecule has 2 aromatic heterocycles. The van der Waals surface area contributed by atoms with Gasteiger partial charge in [-0.05, 0) is 70.1 Å². The number of hydrogen-bond donors (Lipinski definition) is 0. The number of benzene rings is 2. The average molecular weight is 452 g/mol. The number of piperazine rings is 1. The van der Waals surface area contributed by atoms with Crippen LogP contribution in [0.25, 0.3) is 16.2 Å². The molecule has 2 aliphatic rings. The molecule has 166 valence electrons. The molecule has 1 saturated heterocycles. The standard InChI is InChI=1S/C29H29N3S/c1-2-7-25-23(6-1)10-11-27-26(8-3-14-30-27)29(25)32-18-16-31(17-19-32)15-4-5-22-9-12-28-24(21-22)13-20-33-28/h1-9,12-14,20-21,29H,10-11,15-19H2/b5-4+. The van der Waals surface area contributed by atoms with Crippen LogP contribution in [0.1, 0.15) is 34.0 Å². The molecular formula is C29H29N3S. The van der Waals surface area contributed by atoms with Crippen LogP contribution < -0.4 is 0 Å². The highest BCUT2D eigenvalue weighted by atomic mass is 32.1. The summed E-state index contributed by atoms with van der Waals surface area (Å²) in [6.45, 7) is 5.38. The van der Waals surface area contributed by atoms with Crippen molar-refractivity contribution in [3.8, 4) is 0 Å². The van der Waals surface area contributed by atoms with Crippen molar-refractivity contribution in [1.82, 2.24) is 14.8 Å². The number of aryl methyl sites for hydroxylation is 2. The minimum absolute atomic E-state index is 0.322. The van der Waals surface area contributed by atoms with Crippen LogP contribution in [0, 0.1) is 0 Å². The van der Waals surface area contributed by atoms with Gasteiger partial charge in [0, 0.05) is 49.3 Å². The number of pyridine rings is 1. The number of hydrogen-bond acceptors (Lipinski definition) is 4. The molecular weight excluding hydrogens is 422 g/mol. The van der Waals surface area contributed by atoms with E-state index >= 15 is 0 Å². The Bertz CT molecular complexity index is 1240. The Morgan fingerprint density at radius 1 is 0.909 bits per heavy atom. The van der Waals surface area contributed by atoms with Crippen molar-refractivity contribution >= 4 is 27.5 Å². The highest BCUT2D eigenvalue weighted by Gasteiger charge is 2.31. The molecule has 0 radical (unpaired) electrons. The lowest BCUT2D eigenvalue weighted by Crippen LogP contribution is -2.47. The van der Waals surface area contributed by atoms with Gasteiger partial charge in [-0.3, -0.25) is 14.8 Å². The normalized spacial score (nSPS) is 19.5. The molecule has 4 aromatic rings. The third-order valence-electron chi connectivity index (χ3n) is 7.12. The molecule has 1 aliphatic heterocycles. The molecule has 3 heterocycles. The second-order valence-electron chi connectivity index (χ2n) is 9.10. The van der Waals surface area contributed by atoms with Gasteiger partial charge in [-0.2, -0.15) is 0 Å². The van der Waals surface area contributed by atoms with E-state index in [0.29, 0.717) is 6.04 Å². The van der Waals surface area contributed by atoms with E-state index in [2.05, 4.69) is 88.0 Å². The van der Waals surface area contributed by atoms with Gasteiger partial charge in [0.15, 0.2) is 0 Å². The van der Waals surface area contributed by atoms with Gasteiger partial charge in [-0.1, -0.05) is 48.6 Å². The lowest BCUT2D eigenvalue weighted by Gasteiger charge is -2.40. The Kier molecular flexibility index (Phi) is 5.81. The van der Waals surface area contributed by atoms with Crippen LogP contribution in [0.3, 0.4) is 0 Å². The molecule has 4 heteroatoms. The van der Waals surface area contributed by atoms with Crippen molar-refractivity contribution in [2.75, 3.05) is 32.7 Å². The predicted octanol–water partition coefficient (Wildman–Crippen LogP) is 5.82. The molecule has 1 aliphatic carbocycles. The van der Waals surface area contributed by atoms with Crippen molar-refractivity contribution in [2.45, 2.75) is 18.9 Å². The Morgan fingerprint density at radius 3 is 2.73 bits per heavy atom. The van der Waals surface area contributed by atoms with Gasteiger partial charge in [0.2, 0.25) is 0 Å². The zero-order valence-corrected chi connectivity index (χ0v) is 19.7. The van der Waals surface area contributed by atoms with Gasteiger partial charge in [-0.25, -0.2) is 0 Å². The fraction of sp³-hybridized carbons (Fsp3) is 0.276. The topological polar surface area (TPSA) is 19.4 Å². The predicted molar refractivity (Wildman–Crippen MR) is 139 cm³/mol. The fourth-order valence-corrected chi connectivity index (χ4v) is 6.15. The van der Waals surface area contributed by atoms with Crippen LogP contribution in [0.2, 0.25) is 0 Å². The van der Waals surface area contributed by atoms with Gasteiger partial charge in [0.1, 0.15) is 0 Å². The number of rotatable bonds is 4. The SMILES string of the molecule is C(=C\c1ccc2sccc2c1)/CN1CCN(C2c3ccccc3CCc3ncccc32)CC1. The van der Waals surface area contributed by atoms with E-state index in [4.69, 9.17) is 4.98 Å². The summed E-state index contributed by atoms with van der Waals surface area (Å²) in [5.41, 5.74) is 6.92. The van der Waals surface area contributed by atoms with Crippen LogP contribution in [0.4, 0.5) is 0 Å². The van der Waals surface area contributed by atoms with Crippen molar-refractivity contribution in [3.63, 3.8) is 0 Å². The first-order valence-corrected chi connectivity index (χ1v) is 12.8. The largest absolute Gasteiger partial charge is 0.297 e. The number of thiophene rings is 1. The Labute approximate surface area is 200 Å². The summed E-state index contributed by atoms with van der Waals surface area (Å²) in [6.07, 6.45) is 8.66. The smallest absolute Gasteiger partial charge is 0.0623 e. The molecule has 1 fully saturated rings. The van der Waals surface area contributed by atoms with E-state index < -0.39 is 0 Å². The van der Waals surface area contributed by atoms with E-state index in [0.717, 1.165) is 45.6 Å².